The van der Waals surface area contributed by atoms with Gasteiger partial charge in [-0.05, 0) is 49.2 Å². The van der Waals surface area contributed by atoms with Gasteiger partial charge in [0, 0.05) is 11.1 Å². The molecule has 0 saturated heterocycles. The first-order valence-electron chi connectivity index (χ1n) is 7.13. The second-order valence-corrected chi connectivity index (χ2v) is 5.09. The Kier molecular flexibility index (Phi) is 5.31. The lowest BCUT2D eigenvalue weighted by atomic mass is 10.1. The van der Waals surface area contributed by atoms with Crippen LogP contribution in [0.5, 0.6) is 5.75 Å². The van der Waals surface area contributed by atoms with E-state index in [0.717, 1.165) is 12.0 Å². The summed E-state index contributed by atoms with van der Waals surface area (Å²) in [5.74, 6) is 0.619. The molecular weight excluding hydrogens is 278 g/mol. The Labute approximate surface area is 130 Å². The predicted octanol–water partition coefficient (Wildman–Crippen LogP) is 2.92. The zero-order valence-electron chi connectivity index (χ0n) is 12.8. The van der Waals surface area contributed by atoms with Crippen LogP contribution >= 0.6 is 0 Å². The van der Waals surface area contributed by atoms with E-state index >= 15 is 0 Å². The molecule has 0 unspecified atom stereocenters. The van der Waals surface area contributed by atoms with Crippen LogP contribution in [-0.2, 0) is 0 Å². The average molecular weight is 297 g/mol. The van der Waals surface area contributed by atoms with Crippen LogP contribution in [0.15, 0.2) is 42.5 Å². The van der Waals surface area contributed by atoms with Crippen molar-refractivity contribution in [2.75, 3.05) is 13.2 Å². The van der Waals surface area contributed by atoms with Crippen molar-refractivity contribution in [1.82, 2.24) is 5.32 Å². The van der Waals surface area contributed by atoms with Crippen LogP contribution in [-0.4, -0.2) is 25.3 Å². The van der Waals surface area contributed by atoms with Crippen molar-refractivity contribution < 1.29 is 14.3 Å². The van der Waals surface area contributed by atoms with E-state index in [0.29, 0.717) is 24.3 Å². The van der Waals surface area contributed by atoms with Crippen LogP contribution in [0.2, 0.25) is 0 Å². The van der Waals surface area contributed by atoms with E-state index in [2.05, 4.69) is 12.2 Å². The number of hydrogen-bond acceptors (Lipinski definition) is 3. The van der Waals surface area contributed by atoms with Crippen molar-refractivity contribution in [2.24, 2.45) is 0 Å². The van der Waals surface area contributed by atoms with Crippen LogP contribution in [0.4, 0.5) is 0 Å². The number of carbonyl (C=O) groups excluding carboxylic acids is 2. The molecule has 2 aromatic carbocycles. The van der Waals surface area contributed by atoms with Crippen LogP contribution < -0.4 is 10.1 Å². The number of nitrogens with one attached hydrogen (secondary N) is 1. The summed E-state index contributed by atoms with van der Waals surface area (Å²) in [6.07, 6.45) is 0.749. The van der Waals surface area contributed by atoms with E-state index in [4.69, 9.17) is 4.74 Å². The first kappa shape index (κ1) is 15.8. The molecule has 0 heterocycles. The summed E-state index contributed by atoms with van der Waals surface area (Å²) >= 11 is 0. The minimum atomic E-state index is -0.180. The van der Waals surface area contributed by atoms with Gasteiger partial charge in [-0.1, -0.05) is 18.2 Å². The topological polar surface area (TPSA) is 55.4 Å². The predicted molar refractivity (Wildman–Crippen MR) is 85.6 cm³/mol. The fraction of sp³-hybridized carbons (Fsp3) is 0.222. The van der Waals surface area contributed by atoms with E-state index in [9.17, 15) is 9.59 Å². The molecule has 0 atom stereocenters. The number of aldehydes is 1. The normalized spacial score (nSPS) is 10.1. The van der Waals surface area contributed by atoms with Gasteiger partial charge in [0.1, 0.15) is 18.6 Å². The molecule has 0 aromatic heterocycles. The van der Waals surface area contributed by atoms with Crippen LogP contribution in [0.1, 0.15) is 31.8 Å². The quantitative estimate of drug-likeness (QED) is 0.659. The van der Waals surface area contributed by atoms with E-state index < -0.39 is 0 Å². The SMILES string of the molecule is Cc1ccc(OCCNC(=O)c2ccc(C=O)cc2)cc1C. The van der Waals surface area contributed by atoms with Gasteiger partial charge in [0.25, 0.3) is 5.91 Å². The molecule has 0 aliphatic rings. The largest absolute Gasteiger partial charge is 0.492 e. The Balaban J connectivity index is 1.79. The smallest absolute Gasteiger partial charge is 0.251 e. The lowest BCUT2D eigenvalue weighted by molar-refractivity contribution is 0.0946. The second-order valence-electron chi connectivity index (χ2n) is 5.09. The molecule has 1 N–H and O–H groups in total. The van der Waals surface area contributed by atoms with Gasteiger partial charge in [-0.3, -0.25) is 9.59 Å². The fourth-order valence-corrected chi connectivity index (χ4v) is 1.95. The van der Waals surface area contributed by atoms with E-state index in [1.165, 1.54) is 11.1 Å². The van der Waals surface area contributed by atoms with Gasteiger partial charge in [-0.15, -0.1) is 0 Å². The maximum Gasteiger partial charge on any atom is 0.251 e. The summed E-state index contributed by atoms with van der Waals surface area (Å²) < 4.78 is 5.60. The number of aryl methyl sites for hydroxylation is 2. The van der Waals surface area contributed by atoms with Gasteiger partial charge in [-0.2, -0.15) is 0 Å². The van der Waals surface area contributed by atoms with Gasteiger partial charge in [0.15, 0.2) is 0 Å². The third kappa shape index (κ3) is 4.19. The fourth-order valence-electron chi connectivity index (χ4n) is 1.95. The summed E-state index contributed by atoms with van der Waals surface area (Å²) in [5.41, 5.74) is 3.47. The van der Waals surface area contributed by atoms with Crippen molar-refractivity contribution in [3.05, 3.63) is 64.7 Å². The Bertz CT molecular complexity index is 663. The van der Waals surface area contributed by atoms with Crippen LogP contribution in [0.25, 0.3) is 0 Å². The maximum atomic E-state index is 11.9. The van der Waals surface area contributed by atoms with Crippen LogP contribution in [0.3, 0.4) is 0 Å². The number of carbonyl (C=O) groups is 2. The average Bonchev–Trinajstić information content (AvgIpc) is 2.54. The molecule has 0 spiro atoms. The molecule has 4 heteroatoms. The minimum Gasteiger partial charge on any atom is -0.492 e. The molecule has 0 aliphatic heterocycles. The van der Waals surface area contributed by atoms with Crippen molar-refractivity contribution in [3.63, 3.8) is 0 Å². The Hall–Kier alpha value is -2.62. The van der Waals surface area contributed by atoms with Crippen molar-refractivity contribution in [3.8, 4) is 5.75 Å². The molecule has 114 valence electrons. The van der Waals surface area contributed by atoms with Crippen molar-refractivity contribution in [2.45, 2.75) is 13.8 Å². The van der Waals surface area contributed by atoms with Gasteiger partial charge in [0.2, 0.25) is 0 Å². The molecule has 22 heavy (non-hydrogen) atoms. The number of amides is 1. The Morgan fingerprint density at radius 2 is 1.82 bits per heavy atom. The molecule has 4 nitrogen and oxygen atoms in total. The van der Waals surface area contributed by atoms with Gasteiger partial charge in [0.05, 0.1) is 6.54 Å². The molecule has 0 saturated carbocycles. The van der Waals surface area contributed by atoms with Crippen molar-refractivity contribution in [1.29, 1.82) is 0 Å². The third-order valence-electron chi connectivity index (χ3n) is 3.44. The molecule has 0 fully saturated rings. The summed E-state index contributed by atoms with van der Waals surface area (Å²) in [6, 6.07) is 12.4. The second kappa shape index (κ2) is 7.41. The monoisotopic (exact) mass is 297 g/mol. The number of hydrogen-bond donors (Lipinski definition) is 1. The summed E-state index contributed by atoms with van der Waals surface area (Å²) in [4.78, 5) is 22.5. The highest BCUT2D eigenvalue weighted by molar-refractivity contribution is 5.94. The Morgan fingerprint density at radius 1 is 1.09 bits per heavy atom. The molecule has 0 radical (unpaired) electrons. The summed E-state index contributed by atoms with van der Waals surface area (Å²) in [5, 5.41) is 2.78. The summed E-state index contributed by atoms with van der Waals surface area (Å²) in [6.45, 7) is 4.91. The third-order valence-corrected chi connectivity index (χ3v) is 3.44. The molecule has 0 bridgehead atoms. The first-order chi connectivity index (χ1) is 10.6. The maximum absolute atomic E-state index is 11.9. The van der Waals surface area contributed by atoms with Gasteiger partial charge < -0.3 is 10.1 Å². The zero-order valence-corrected chi connectivity index (χ0v) is 12.8. The molecule has 2 rings (SSSR count). The molecular formula is C18H19NO3. The van der Waals surface area contributed by atoms with Gasteiger partial charge in [-0.25, -0.2) is 0 Å². The number of rotatable bonds is 6. The van der Waals surface area contributed by atoms with E-state index in [-0.39, 0.29) is 5.91 Å². The van der Waals surface area contributed by atoms with Crippen molar-refractivity contribution >= 4 is 12.2 Å². The molecule has 1 amide bonds. The highest BCUT2D eigenvalue weighted by Gasteiger charge is 2.04. The standard InChI is InChI=1S/C18H19NO3/c1-13-3-8-17(11-14(13)2)22-10-9-19-18(21)16-6-4-15(12-20)5-7-16/h3-8,11-12H,9-10H2,1-2H3,(H,19,21). The Morgan fingerprint density at radius 3 is 2.45 bits per heavy atom. The lowest BCUT2D eigenvalue weighted by Crippen LogP contribution is -2.28. The highest BCUT2D eigenvalue weighted by atomic mass is 16.5. The first-order valence-corrected chi connectivity index (χ1v) is 7.13. The van der Waals surface area contributed by atoms with Gasteiger partial charge >= 0.3 is 0 Å². The summed E-state index contributed by atoms with van der Waals surface area (Å²) in [7, 11) is 0. The van der Waals surface area contributed by atoms with E-state index in [1.807, 2.05) is 25.1 Å². The molecule has 0 aliphatic carbocycles. The minimum absolute atomic E-state index is 0.180. The van der Waals surface area contributed by atoms with Crippen LogP contribution in [0, 0.1) is 13.8 Å². The number of ether oxygens (including phenoxy) is 1. The molecule has 2 aromatic rings. The van der Waals surface area contributed by atoms with E-state index in [1.54, 1.807) is 24.3 Å². The lowest BCUT2D eigenvalue weighted by Gasteiger charge is -2.09. The zero-order chi connectivity index (χ0) is 15.9. The highest BCUT2D eigenvalue weighted by Crippen LogP contribution is 2.16. The number of benzene rings is 2.